The van der Waals surface area contributed by atoms with Crippen LogP contribution in [0.4, 0.5) is 5.69 Å². The normalized spacial score (nSPS) is 25.3. The van der Waals surface area contributed by atoms with Gasteiger partial charge < -0.3 is 10.0 Å². The van der Waals surface area contributed by atoms with Crippen LogP contribution in [0.5, 0.6) is 0 Å². The van der Waals surface area contributed by atoms with Crippen molar-refractivity contribution in [2.24, 2.45) is 11.8 Å². The van der Waals surface area contributed by atoms with Gasteiger partial charge in [-0.1, -0.05) is 18.2 Å². The molecule has 0 spiro atoms. The van der Waals surface area contributed by atoms with E-state index >= 15 is 0 Å². The van der Waals surface area contributed by atoms with Crippen molar-refractivity contribution in [1.82, 2.24) is 0 Å². The molecule has 1 fully saturated rings. The van der Waals surface area contributed by atoms with Crippen LogP contribution in [0.15, 0.2) is 24.3 Å². The zero-order chi connectivity index (χ0) is 14.1. The molecule has 20 heavy (non-hydrogen) atoms. The molecule has 4 nitrogen and oxygen atoms in total. The van der Waals surface area contributed by atoms with Crippen LogP contribution in [0.25, 0.3) is 0 Å². The Labute approximate surface area is 118 Å². The second-order valence-corrected chi connectivity index (χ2v) is 5.77. The van der Waals surface area contributed by atoms with Crippen molar-refractivity contribution in [3.8, 4) is 0 Å². The summed E-state index contributed by atoms with van der Waals surface area (Å²) < 4.78 is 0. The summed E-state index contributed by atoms with van der Waals surface area (Å²) in [4.78, 5) is 25.6. The molecule has 0 saturated heterocycles. The monoisotopic (exact) mass is 273 g/mol. The third-order valence-corrected chi connectivity index (χ3v) is 4.51. The van der Waals surface area contributed by atoms with E-state index in [1.807, 2.05) is 23.1 Å². The van der Waals surface area contributed by atoms with Crippen LogP contribution in [-0.2, 0) is 16.0 Å². The Kier molecular flexibility index (Phi) is 3.47. The zero-order valence-electron chi connectivity index (χ0n) is 11.4. The number of aliphatic carboxylic acids is 1. The minimum Gasteiger partial charge on any atom is -0.481 e. The molecule has 1 N–H and O–H groups in total. The van der Waals surface area contributed by atoms with E-state index < -0.39 is 5.97 Å². The van der Waals surface area contributed by atoms with Gasteiger partial charge in [0.25, 0.3) is 0 Å². The van der Waals surface area contributed by atoms with Gasteiger partial charge in [-0.05, 0) is 43.7 Å². The van der Waals surface area contributed by atoms with Gasteiger partial charge in [0.2, 0.25) is 5.91 Å². The minimum absolute atomic E-state index is 0.112. The number of carboxylic acid groups (broad SMARTS) is 1. The van der Waals surface area contributed by atoms with Crippen LogP contribution in [0.3, 0.4) is 0 Å². The number of amides is 1. The quantitative estimate of drug-likeness (QED) is 0.900. The lowest BCUT2D eigenvalue weighted by molar-refractivity contribution is -0.141. The molecule has 106 valence electrons. The highest BCUT2D eigenvalue weighted by Crippen LogP contribution is 2.35. The predicted molar refractivity (Wildman–Crippen MR) is 75.6 cm³/mol. The van der Waals surface area contributed by atoms with Gasteiger partial charge >= 0.3 is 5.97 Å². The van der Waals surface area contributed by atoms with E-state index in [0.717, 1.165) is 25.1 Å². The van der Waals surface area contributed by atoms with E-state index in [9.17, 15) is 9.59 Å². The summed E-state index contributed by atoms with van der Waals surface area (Å²) in [5.41, 5.74) is 2.24. The first-order valence-corrected chi connectivity index (χ1v) is 7.29. The Balaban J connectivity index is 1.78. The number of carbonyl (C=O) groups is 2. The number of nitrogens with zero attached hydrogens (tertiary/aromatic N) is 1. The SMILES string of the molecule is O=C(O)[C@H]1CC[C@@H](C(=O)N2CCCc3ccccc32)C1. The first-order valence-electron chi connectivity index (χ1n) is 7.29. The van der Waals surface area contributed by atoms with Gasteiger partial charge in [-0.15, -0.1) is 0 Å². The lowest BCUT2D eigenvalue weighted by Gasteiger charge is -2.31. The summed E-state index contributed by atoms with van der Waals surface area (Å²) >= 11 is 0. The average Bonchev–Trinajstić information content (AvgIpc) is 2.96. The first kappa shape index (κ1) is 13.2. The van der Waals surface area contributed by atoms with Crippen molar-refractivity contribution in [3.63, 3.8) is 0 Å². The molecular formula is C16H19NO3. The smallest absolute Gasteiger partial charge is 0.306 e. The molecule has 1 aliphatic carbocycles. The van der Waals surface area contributed by atoms with Gasteiger partial charge in [-0.3, -0.25) is 9.59 Å². The van der Waals surface area contributed by atoms with Gasteiger partial charge in [0.05, 0.1) is 5.92 Å². The molecule has 3 rings (SSSR count). The first-order chi connectivity index (χ1) is 9.66. The Morgan fingerprint density at radius 3 is 2.65 bits per heavy atom. The van der Waals surface area contributed by atoms with Crippen molar-refractivity contribution in [3.05, 3.63) is 29.8 Å². The molecular weight excluding hydrogens is 254 g/mol. The molecule has 0 aromatic heterocycles. The van der Waals surface area contributed by atoms with Gasteiger partial charge in [-0.2, -0.15) is 0 Å². The second-order valence-electron chi connectivity index (χ2n) is 5.77. The number of carbonyl (C=O) groups excluding carboxylic acids is 1. The van der Waals surface area contributed by atoms with Gasteiger partial charge in [0.15, 0.2) is 0 Å². The van der Waals surface area contributed by atoms with Crippen LogP contribution in [-0.4, -0.2) is 23.5 Å². The van der Waals surface area contributed by atoms with Crippen LogP contribution in [0.1, 0.15) is 31.2 Å². The number of hydrogen-bond acceptors (Lipinski definition) is 2. The molecule has 0 unspecified atom stereocenters. The Morgan fingerprint density at radius 2 is 1.90 bits per heavy atom. The zero-order valence-corrected chi connectivity index (χ0v) is 11.4. The number of carboxylic acids is 1. The van der Waals surface area contributed by atoms with Crippen LogP contribution in [0.2, 0.25) is 0 Å². The molecule has 1 aliphatic heterocycles. The number of aryl methyl sites for hydroxylation is 1. The highest BCUT2D eigenvalue weighted by molar-refractivity contribution is 5.96. The maximum absolute atomic E-state index is 12.7. The Morgan fingerprint density at radius 1 is 1.15 bits per heavy atom. The molecule has 0 bridgehead atoms. The highest BCUT2D eigenvalue weighted by Gasteiger charge is 2.37. The third kappa shape index (κ3) is 2.30. The van der Waals surface area contributed by atoms with E-state index in [2.05, 4.69) is 6.07 Å². The standard InChI is InChI=1S/C16H19NO3/c18-15(12-7-8-13(10-12)16(19)20)17-9-3-5-11-4-1-2-6-14(11)17/h1-2,4,6,12-13H,3,5,7-10H2,(H,19,20)/t12-,13+/m1/s1. The summed E-state index contributed by atoms with van der Waals surface area (Å²) in [6.45, 7) is 0.754. The van der Waals surface area contributed by atoms with Crippen LogP contribution >= 0.6 is 0 Å². The van der Waals surface area contributed by atoms with E-state index in [-0.39, 0.29) is 17.7 Å². The molecule has 2 aliphatic rings. The summed E-state index contributed by atoms with van der Waals surface area (Å²) in [7, 11) is 0. The topological polar surface area (TPSA) is 57.6 Å². The fourth-order valence-corrected chi connectivity index (χ4v) is 3.41. The number of fused-ring (bicyclic) bond motifs is 1. The van der Waals surface area contributed by atoms with Crippen molar-refractivity contribution in [1.29, 1.82) is 0 Å². The summed E-state index contributed by atoms with van der Waals surface area (Å²) in [5.74, 6) is -1.12. The summed E-state index contributed by atoms with van der Waals surface area (Å²) in [5, 5.41) is 9.06. The second kappa shape index (κ2) is 5.27. The van der Waals surface area contributed by atoms with Crippen LogP contribution in [0, 0.1) is 11.8 Å². The van der Waals surface area contributed by atoms with Gasteiger partial charge in [0.1, 0.15) is 0 Å². The lowest BCUT2D eigenvalue weighted by atomic mass is 9.98. The summed E-state index contributed by atoms with van der Waals surface area (Å²) in [6, 6.07) is 8.03. The van der Waals surface area contributed by atoms with Crippen molar-refractivity contribution in [2.45, 2.75) is 32.1 Å². The van der Waals surface area contributed by atoms with E-state index in [0.29, 0.717) is 19.3 Å². The Bertz CT molecular complexity index is 540. The molecule has 1 amide bonds. The fraction of sp³-hybridized carbons (Fsp3) is 0.500. The number of benzene rings is 1. The largest absolute Gasteiger partial charge is 0.481 e. The molecule has 4 heteroatoms. The predicted octanol–water partition coefficient (Wildman–Crippen LogP) is 2.47. The number of anilines is 1. The molecule has 1 saturated carbocycles. The van der Waals surface area contributed by atoms with Crippen molar-refractivity contribution < 1.29 is 14.7 Å². The van der Waals surface area contributed by atoms with Gasteiger partial charge in [0, 0.05) is 18.2 Å². The number of rotatable bonds is 2. The average molecular weight is 273 g/mol. The third-order valence-electron chi connectivity index (χ3n) is 4.51. The van der Waals surface area contributed by atoms with E-state index in [1.165, 1.54) is 5.56 Å². The number of hydrogen-bond donors (Lipinski definition) is 1. The maximum atomic E-state index is 12.7. The highest BCUT2D eigenvalue weighted by atomic mass is 16.4. The maximum Gasteiger partial charge on any atom is 0.306 e. The van der Waals surface area contributed by atoms with Gasteiger partial charge in [-0.25, -0.2) is 0 Å². The molecule has 2 atom stereocenters. The lowest BCUT2D eigenvalue weighted by Crippen LogP contribution is -2.39. The van der Waals surface area contributed by atoms with Crippen molar-refractivity contribution >= 4 is 17.6 Å². The molecule has 1 aromatic rings. The van der Waals surface area contributed by atoms with E-state index in [4.69, 9.17) is 5.11 Å². The summed E-state index contributed by atoms with van der Waals surface area (Å²) in [6.07, 6.45) is 3.82. The molecule has 1 aromatic carbocycles. The number of para-hydroxylation sites is 1. The fourth-order valence-electron chi connectivity index (χ4n) is 3.41. The van der Waals surface area contributed by atoms with E-state index in [1.54, 1.807) is 0 Å². The van der Waals surface area contributed by atoms with Crippen LogP contribution < -0.4 is 4.90 Å². The molecule has 1 heterocycles. The Hall–Kier alpha value is -1.84. The van der Waals surface area contributed by atoms with Crippen molar-refractivity contribution in [2.75, 3.05) is 11.4 Å². The minimum atomic E-state index is -0.764. The molecule has 0 radical (unpaired) electrons.